The molecular weight excluding hydrogens is 695 g/mol. The van der Waals surface area contributed by atoms with Gasteiger partial charge in [-0.1, -0.05) is 159 Å². The van der Waals surface area contributed by atoms with Gasteiger partial charge in [0.15, 0.2) is 5.82 Å². The zero-order chi connectivity index (χ0) is 38.3. The molecule has 0 N–H and O–H groups in total. The highest BCUT2D eigenvalue weighted by Crippen LogP contribution is 2.40. The molecule has 0 saturated heterocycles. The van der Waals surface area contributed by atoms with E-state index in [-0.39, 0.29) is 5.92 Å². The molecule has 0 bridgehead atoms. The average molecular weight is 734 g/mol. The molecule has 10 aromatic rings. The molecule has 3 aromatic heterocycles. The zero-order valence-corrected chi connectivity index (χ0v) is 31.8. The molecule has 0 unspecified atom stereocenters. The summed E-state index contributed by atoms with van der Waals surface area (Å²) in [4.78, 5) is 10.4. The second-order valence-corrected chi connectivity index (χ2v) is 14.5. The Balaban J connectivity index is 1.07. The van der Waals surface area contributed by atoms with Gasteiger partial charge in [0, 0.05) is 49.8 Å². The molecular formula is C53H39N3O. The molecule has 0 spiro atoms. The first kappa shape index (κ1) is 34.2. The molecule has 7 aromatic carbocycles. The van der Waals surface area contributed by atoms with Crippen LogP contribution in [0, 0.1) is 0 Å². The minimum absolute atomic E-state index is 0.105. The number of furan rings is 1. The summed E-state index contributed by atoms with van der Waals surface area (Å²) in [5, 5.41) is 4.67. The molecule has 0 aliphatic carbocycles. The third kappa shape index (κ3) is 6.12. The first-order valence-electron chi connectivity index (χ1n) is 19.5. The van der Waals surface area contributed by atoms with Gasteiger partial charge >= 0.3 is 0 Å². The van der Waals surface area contributed by atoms with Crippen LogP contribution in [0.1, 0.15) is 25.5 Å². The Kier molecular flexibility index (Phi) is 8.65. The lowest BCUT2D eigenvalue weighted by molar-refractivity contribution is 0.670. The SMILES string of the molecule is C/C=C\C=C/[C@H](C)c1cc(-c2ccccc2)nc(-c2ccccc2-c2ccc3c(c2)c2ccccc2n3-c2ccc(-c3cccc4c3oc3ccccc34)cc2)n1. The fourth-order valence-electron chi connectivity index (χ4n) is 8.13. The quantitative estimate of drug-likeness (QED) is 0.146. The topological polar surface area (TPSA) is 43.9 Å². The van der Waals surface area contributed by atoms with Gasteiger partial charge in [0.05, 0.1) is 22.4 Å². The molecule has 0 saturated carbocycles. The van der Waals surface area contributed by atoms with Crippen LogP contribution in [0.2, 0.25) is 0 Å². The van der Waals surface area contributed by atoms with E-state index < -0.39 is 0 Å². The van der Waals surface area contributed by atoms with E-state index in [2.05, 4.69) is 181 Å². The number of aromatic nitrogens is 3. The van der Waals surface area contributed by atoms with Crippen molar-refractivity contribution in [3.63, 3.8) is 0 Å². The monoisotopic (exact) mass is 733 g/mol. The van der Waals surface area contributed by atoms with E-state index in [4.69, 9.17) is 14.4 Å². The maximum Gasteiger partial charge on any atom is 0.160 e. The van der Waals surface area contributed by atoms with Crippen molar-refractivity contribution in [2.45, 2.75) is 19.8 Å². The van der Waals surface area contributed by atoms with Crippen molar-refractivity contribution in [2.75, 3.05) is 0 Å². The van der Waals surface area contributed by atoms with Crippen molar-refractivity contribution < 1.29 is 4.42 Å². The van der Waals surface area contributed by atoms with Gasteiger partial charge in [0.1, 0.15) is 11.2 Å². The molecule has 0 amide bonds. The molecule has 272 valence electrons. The Hall–Kier alpha value is -7.30. The average Bonchev–Trinajstić information content (AvgIpc) is 3.82. The van der Waals surface area contributed by atoms with Crippen LogP contribution in [0.4, 0.5) is 0 Å². The predicted molar refractivity (Wildman–Crippen MR) is 238 cm³/mol. The Morgan fingerprint density at radius 3 is 2.05 bits per heavy atom. The predicted octanol–water partition coefficient (Wildman–Crippen LogP) is 14.4. The number of allylic oxidation sites excluding steroid dienone is 4. The van der Waals surface area contributed by atoms with E-state index in [1.165, 1.54) is 10.8 Å². The number of rotatable bonds is 8. The van der Waals surface area contributed by atoms with E-state index in [1.54, 1.807) is 0 Å². The third-order valence-corrected chi connectivity index (χ3v) is 11.0. The fourth-order valence-corrected chi connectivity index (χ4v) is 8.13. The van der Waals surface area contributed by atoms with Crippen molar-refractivity contribution in [1.82, 2.24) is 14.5 Å². The van der Waals surface area contributed by atoms with Crippen LogP contribution in [0.5, 0.6) is 0 Å². The number of hydrogen-bond acceptors (Lipinski definition) is 3. The number of fused-ring (bicyclic) bond motifs is 6. The van der Waals surface area contributed by atoms with Crippen LogP contribution in [0.25, 0.3) is 94.3 Å². The standard InChI is InChI=1S/C53H39N3O/c1-3-4-6-16-35(2)47-34-48(37-17-7-5-8-18-37)55-53(54-47)45-22-10-9-19-40(45)38-29-32-50-46(33-38)42-20-11-13-25-49(42)56(50)39-30-27-36(28-31-39)41-23-15-24-44-43-21-12-14-26-51(43)57-52(41)44/h3-35H,1-2H3/b4-3-,16-6-/t35-/m0/s1. The summed E-state index contributed by atoms with van der Waals surface area (Å²) in [6, 6.07) is 60.0. The highest BCUT2D eigenvalue weighted by Gasteiger charge is 2.18. The maximum absolute atomic E-state index is 6.38. The summed E-state index contributed by atoms with van der Waals surface area (Å²) in [5.41, 5.74) is 13.6. The van der Waals surface area contributed by atoms with E-state index in [9.17, 15) is 0 Å². The summed E-state index contributed by atoms with van der Waals surface area (Å²) in [6.45, 7) is 4.21. The molecule has 0 radical (unpaired) electrons. The lowest BCUT2D eigenvalue weighted by atomic mass is 9.96. The second kappa shape index (κ2) is 14.4. The lowest BCUT2D eigenvalue weighted by Gasteiger charge is -2.14. The Bertz CT molecular complexity index is 3150. The largest absolute Gasteiger partial charge is 0.455 e. The minimum atomic E-state index is 0.105. The maximum atomic E-state index is 6.38. The normalized spacial score (nSPS) is 12.5. The van der Waals surface area contributed by atoms with Gasteiger partial charge in [0.25, 0.3) is 0 Å². The first-order valence-corrected chi connectivity index (χ1v) is 19.5. The number of nitrogens with zero attached hydrogens (tertiary/aromatic N) is 3. The molecule has 10 rings (SSSR count). The van der Waals surface area contributed by atoms with Gasteiger partial charge in [-0.15, -0.1) is 0 Å². The van der Waals surface area contributed by atoms with Crippen LogP contribution in [0.3, 0.4) is 0 Å². The van der Waals surface area contributed by atoms with Crippen LogP contribution >= 0.6 is 0 Å². The van der Waals surface area contributed by atoms with Gasteiger partial charge in [-0.2, -0.15) is 0 Å². The number of para-hydroxylation sites is 3. The van der Waals surface area contributed by atoms with E-state index in [0.29, 0.717) is 5.82 Å². The summed E-state index contributed by atoms with van der Waals surface area (Å²) < 4.78 is 8.75. The molecule has 57 heavy (non-hydrogen) atoms. The van der Waals surface area contributed by atoms with E-state index in [0.717, 1.165) is 83.4 Å². The fraction of sp³-hybridized carbons (Fsp3) is 0.0566. The Labute approximate surface area is 331 Å². The van der Waals surface area contributed by atoms with Crippen molar-refractivity contribution in [3.05, 3.63) is 200 Å². The van der Waals surface area contributed by atoms with Crippen molar-refractivity contribution in [3.8, 4) is 50.6 Å². The van der Waals surface area contributed by atoms with Crippen molar-refractivity contribution in [2.24, 2.45) is 0 Å². The summed E-state index contributed by atoms with van der Waals surface area (Å²) in [6.07, 6.45) is 8.37. The first-order chi connectivity index (χ1) is 28.1. The van der Waals surface area contributed by atoms with Crippen molar-refractivity contribution >= 4 is 43.7 Å². The molecule has 0 aliphatic heterocycles. The van der Waals surface area contributed by atoms with E-state index in [1.807, 2.05) is 31.2 Å². The molecule has 0 aliphatic rings. The highest BCUT2D eigenvalue weighted by molar-refractivity contribution is 6.11. The molecule has 0 fully saturated rings. The van der Waals surface area contributed by atoms with Crippen LogP contribution in [0.15, 0.2) is 199 Å². The molecule has 1 atom stereocenters. The molecule has 3 heterocycles. The second-order valence-electron chi connectivity index (χ2n) is 14.5. The Morgan fingerprint density at radius 2 is 1.21 bits per heavy atom. The van der Waals surface area contributed by atoms with Gasteiger partial charge in [0.2, 0.25) is 0 Å². The van der Waals surface area contributed by atoms with Gasteiger partial charge in [-0.25, -0.2) is 9.97 Å². The number of hydrogen-bond donors (Lipinski definition) is 0. The van der Waals surface area contributed by atoms with Crippen LogP contribution < -0.4 is 0 Å². The van der Waals surface area contributed by atoms with Gasteiger partial charge < -0.3 is 8.98 Å². The smallest absolute Gasteiger partial charge is 0.160 e. The summed E-state index contributed by atoms with van der Waals surface area (Å²) >= 11 is 0. The van der Waals surface area contributed by atoms with E-state index >= 15 is 0 Å². The lowest BCUT2D eigenvalue weighted by Crippen LogP contribution is -2.01. The summed E-state index contributed by atoms with van der Waals surface area (Å²) in [7, 11) is 0. The number of benzene rings is 7. The third-order valence-electron chi connectivity index (χ3n) is 11.0. The van der Waals surface area contributed by atoms with Gasteiger partial charge in [-0.3, -0.25) is 0 Å². The zero-order valence-electron chi connectivity index (χ0n) is 31.8. The van der Waals surface area contributed by atoms with Crippen molar-refractivity contribution in [1.29, 1.82) is 0 Å². The molecule has 4 nitrogen and oxygen atoms in total. The molecule has 4 heteroatoms. The minimum Gasteiger partial charge on any atom is -0.455 e. The van der Waals surface area contributed by atoms with Crippen LogP contribution in [-0.2, 0) is 0 Å². The van der Waals surface area contributed by atoms with Crippen LogP contribution in [-0.4, -0.2) is 14.5 Å². The van der Waals surface area contributed by atoms with Gasteiger partial charge in [-0.05, 0) is 66.1 Å². The highest BCUT2D eigenvalue weighted by atomic mass is 16.3. The summed E-state index contributed by atoms with van der Waals surface area (Å²) in [5.74, 6) is 0.822. The Morgan fingerprint density at radius 1 is 0.526 bits per heavy atom.